The maximum atomic E-state index is 13.4. The molecule has 0 aliphatic carbocycles. The molecule has 2 amide bonds. The molecule has 0 saturated carbocycles. The van der Waals surface area contributed by atoms with E-state index in [9.17, 15) is 22.8 Å². The molecule has 0 fully saturated rings. The molecule has 3 aromatic heterocycles. The minimum atomic E-state index is -4.64. The Labute approximate surface area is 237 Å². The lowest BCUT2D eigenvalue weighted by Gasteiger charge is -2.14. The van der Waals surface area contributed by atoms with Crippen molar-refractivity contribution in [3.8, 4) is 11.3 Å². The van der Waals surface area contributed by atoms with Crippen molar-refractivity contribution in [2.45, 2.75) is 25.6 Å². The van der Waals surface area contributed by atoms with Gasteiger partial charge in [-0.05, 0) is 30.2 Å². The summed E-state index contributed by atoms with van der Waals surface area (Å²) in [6.45, 7) is 2.19. The Morgan fingerprint density at radius 1 is 1.17 bits per heavy atom. The van der Waals surface area contributed by atoms with Gasteiger partial charge < -0.3 is 32.7 Å². The standard InChI is InChI=1S/C25H29F3N12O2/c1-2-13-9-14(3-4-15(13)22(41)33-5-6-34-23(42)17(29)11-36-24(30)31)38-20-21-35-12-18(40(21)8-7-32-20)16-10-37-39-19(16)25(26,27)28/h3-4,7-10,12,17H,2,5-6,11,29H2,1H3,(H,32,38)(H,33,41)(H,34,42)(H,37,39)(H4,30,31,36)/t17-/m0/s1. The number of hydrogen-bond acceptors (Lipinski definition) is 8. The normalized spacial score (nSPS) is 12.1. The zero-order valence-corrected chi connectivity index (χ0v) is 22.3. The number of amides is 2. The smallest absolute Gasteiger partial charge is 0.370 e. The van der Waals surface area contributed by atoms with Crippen molar-refractivity contribution >= 4 is 34.9 Å². The number of carbonyl (C=O) groups is 2. The lowest BCUT2D eigenvalue weighted by molar-refractivity contribution is -0.140. The van der Waals surface area contributed by atoms with Gasteiger partial charge in [0, 0.05) is 49.5 Å². The first-order valence-corrected chi connectivity index (χ1v) is 12.7. The summed E-state index contributed by atoms with van der Waals surface area (Å²) in [5, 5.41) is 23.6. The van der Waals surface area contributed by atoms with E-state index in [1.807, 2.05) is 6.92 Å². The first-order chi connectivity index (χ1) is 20.0. The number of nitrogens with one attached hydrogen (secondary N) is 6. The molecule has 0 aliphatic rings. The average molecular weight is 587 g/mol. The van der Waals surface area contributed by atoms with Crippen LogP contribution in [0.5, 0.6) is 0 Å². The number of carbonyl (C=O) groups excluding carboxylic acids is 2. The first kappa shape index (κ1) is 29.8. The maximum Gasteiger partial charge on any atom is 0.435 e. The number of H-pyrrole nitrogens is 1. The SMILES string of the molecule is CCc1cc(Nc2nccn3c(-c4c[nH]nc4C(F)(F)F)cnc23)ccc1C(=O)NCCNC(=O)[C@@H](N)CNC(=N)N. The van der Waals surface area contributed by atoms with E-state index in [2.05, 4.69) is 41.4 Å². The summed E-state index contributed by atoms with van der Waals surface area (Å²) in [7, 11) is 0. The molecule has 0 bridgehead atoms. The van der Waals surface area contributed by atoms with Gasteiger partial charge in [0.05, 0.1) is 17.5 Å². The van der Waals surface area contributed by atoms with Crippen LogP contribution in [0.1, 0.15) is 28.5 Å². The summed E-state index contributed by atoms with van der Waals surface area (Å²) in [6.07, 6.45) is 1.29. The second-order valence-electron chi connectivity index (χ2n) is 9.06. The third kappa shape index (κ3) is 6.74. The van der Waals surface area contributed by atoms with E-state index in [1.54, 1.807) is 18.2 Å². The predicted octanol–water partition coefficient (Wildman–Crippen LogP) is 1.10. The minimum Gasteiger partial charge on any atom is -0.370 e. The number of imidazole rings is 1. The molecule has 3 heterocycles. The Kier molecular flexibility index (Phi) is 8.90. The van der Waals surface area contributed by atoms with E-state index >= 15 is 0 Å². The van der Waals surface area contributed by atoms with Crippen LogP contribution in [0.15, 0.2) is 43.0 Å². The third-order valence-electron chi connectivity index (χ3n) is 6.17. The van der Waals surface area contributed by atoms with Crippen molar-refractivity contribution in [1.82, 2.24) is 40.5 Å². The van der Waals surface area contributed by atoms with Crippen molar-refractivity contribution in [3.05, 3.63) is 59.8 Å². The molecule has 17 heteroatoms. The largest absolute Gasteiger partial charge is 0.435 e. The molecule has 1 aromatic carbocycles. The van der Waals surface area contributed by atoms with Crippen LogP contribution in [0.3, 0.4) is 0 Å². The first-order valence-electron chi connectivity index (χ1n) is 12.7. The van der Waals surface area contributed by atoms with Gasteiger partial charge in [-0.3, -0.25) is 24.5 Å². The number of fused-ring (bicyclic) bond motifs is 1. The predicted molar refractivity (Wildman–Crippen MR) is 148 cm³/mol. The molecule has 222 valence electrons. The highest BCUT2D eigenvalue weighted by atomic mass is 19.4. The molecule has 4 rings (SSSR count). The number of aromatic amines is 1. The second-order valence-corrected chi connectivity index (χ2v) is 9.06. The number of aromatic nitrogens is 5. The highest BCUT2D eigenvalue weighted by molar-refractivity contribution is 5.96. The fourth-order valence-corrected chi connectivity index (χ4v) is 4.13. The molecule has 10 N–H and O–H groups in total. The second kappa shape index (κ2) is 12.5. The van der Waals surface area contributed by atoms with Crippen LogP contribution >= 0.6 is 0 Å². The fourth-order valence-electron chi connectivity index (χ4n) is 4.13. The summed E-state index contributed by atoms with van der Waals surface area (Å²) < 4.78 is 41.7. The van der Waals surface area contributed by atoms with Gasteiger partial charge in [0.25, 0.3) is 5.91 Å². The number of alkyl halides is 3. The van der Waals surface area contributed by atoms with Crippen LogP contribution in [-0.4, -0.2) is 68.0 Å². The van der Waals surface area contributed by atoms with Gasteiger partial charge in [0.2, 0.25) is 5.91 Å². The summed E-state index contributed by atoms with van der Waals surface area (Å²) in [4.78, 5) is 33.4. The Morgan fingerprint density at radius 3 is 2.64 bits per heavy atom. The number of halogens is 3. The van der Waals surface area contributed by atoms with Gasteiger partial charge in [-0.15, -0.1) is 0 Å². The Balaban J connectivity index is 1.42. The van der Waals surface area contributed by atoms with Crippen LogP contribution in [0.2, 0.25) is 0 Å². The molecular formula is C25H29F3N12O2. The van der Waals surface area contributed by atoms with Crippen molar-refractivity contribution in [2.75, 3.05) is 25.0 Å². The van der Waals surface area contributed by atoms with Gasteiger partial charge in [0.1, 0.15) is 6.04 Å². The number of hydrogen-bond donors (Lipinski definition) is 8. The highest BCUT2D eigenvalue weighted by Gasteiger charge is 2.37. The van der Waals surface area contributed by atoms with E-state index in [0.717, 1.165) is 11.8 Å². The van der Waals surface area contributed by atoms with E-state index < -0.39 is 23.8 Å². The van der Waals surface area contributed by atoms with E-state index in [1.165, 1.54) is 23.0 Å². The van der Waals surface area contributed by atoms with Crippen molar-refractivity contribution < 1.29 is 22.8 Å². The molecule has 14 nitrogen and oxygen atoms in total. The van der Waals surface area contributed by atoms with E-state index in [4.69, 9.17) is 16.9 Å². The van der Waals surface area contributed by atoms with Gasteiger partial charge in [-0.1, -0.05) is 6.92 Å². The number of aryl methyl sites for hydroxylation is 1. The topological polar surface area (TPSA) is 217 Å². The van der Waals surface area contributed by atoms with Crippen molar-refractivity contribution in [2.24, 2.45) is 11.5 Å². The Bertz CT molecular complexity index is 1600. The number of anilines is 2. The lowest BCUT2D eigenvalue weighted by atomic mass is 10.0. The molecule has 4 aromatic rings. The monoisotopic (exact) mass is 586 g/mol. The van der Waals surface area contributed by atoms with Gasteiger partial charge in [-0.2, -0.15) is 18.3 Å². The van der Waals surface area contributed by atoms with Crippen molar-refractivity contribution in [3.63, 3.8) is 0 Å². The average Bonchev–Trinajstić information content (AvgIpc) is 3.61. The van der Waals surface area contributed by atoms with Crippen LogP contribution in [0, 0.1) is 5.41 Å². The van der Waals surface area contributed by atoms with Crippen molar-refractivity contribution in [1.29, 1.82) is 5.41 Å². The molecule has 0 spiro atoms. The van der Waals surface area contributed by atoms with Gasteiger partial charge in [-0.25, -0.2) is 9.97 Å². The maximum absolute atomic E-state index is 13.4. The van der Waals surface area contributed by atoms with Gasteiger partial charge in [0.15, 0.2) is 23.1 Å². The summed E-state index contributed by atoms with van der Waals surface area (Å²) in [6, 6.07) is 4.17. The molecule has 0 radical (unpaired) electrons. The Hall–Kier alpha value is -5.19. The zero-order chi connectivity index (χ0) is 30.4. The number of nitrogens with two attached hydrogens (primary N) is 2. The van der Waals surface area contributed by atoms with Crippen LogP contribution in [0.4, 0.5) is 24.7 Å². The lowest BCUT2D eigenvalue weighted by Crippen LogP contribution is -2.50. The molecule has 42 heavy (non-hydrogen) atoms. The third-order valence-corrected chi connectivity index (χ3v) is 6.17. The fraction of sp³-hybridized carbons (Fsp3) is 0.280. The minimum absolute atomic E-state index is 0.00289. The molecule has 0 saturated heterocycles. The van der Waals surface area contributed by atoms with Crippen LogP contribution in [-0.2, 0) is 17.4 Å². The highest BCUT2D eigenvalue weighted by Crippen LogP contribution is 2.36. The Morgan fingerprint density at radius 2 is 1.93 bits per heavy atom. The number of benzene rings is 1. The number of guanidine groups is 1. The number of nitrogens with zero attached hydrogens (tertiary/aromatic N) is 4. The summed E-state index contributed by atoms with van der Waals surface area (Å²) in [5.74, 6) is -0.793. The molecule has 1 atom stereocenters. The molecule has 0 aliphatic heterocycles. The number of rotatable bonds is 11. The molecule has 0 unspecified atom stereocenters. The van der Waals surface area contributed by atoms with Crippen LogP contribution in [0.25, 0.3) is 16.9 Å². The van der Waals surface area contributed by atoms with E-state index in [0.29, 0.717) is 29.1 Å². The summed E-state index contributed by atoms with van der Waals surface area (Å²) >= 11 is 0. The van der Waals surface area contributed by atoms with E-state index in [-0.39, 0.29) is 42.8 Å². The zero-order valence-electron chi connectivity index (χ0n) is 22.3. The van der Waals surface area contributed by atoms with Gasteiger partial charge >= 0.3 is 6.18 Å². The van der Waals surface area contributed by atoms with Crippen LogP contribution < -0.4 is 32.7 Å². The molecular weight excluding hydrogens is 557 g/mol. The summed E-state index contributed by atoms with van der Waals surface area (Å²) in [5.41, 5.74) is 11.9. The quantitative estimate of drug-likeness (QED) is 0.0716.